The van der Waals surface area contributed by atoms with Crippen molar-refractivity contribution in [1.82, 2.24) is 10.3 Å². The summed E-state index contributed by atoms with van der Waals surface area (Å²) in [5.74, 6) is 0.814. The molecule has 0 aliphatic carbocycles. The first-order valence-corrected chi connectivity index (χ1v) is 6.56. The smallest absolute Gasteiger partial charge is 0.137 e. The van der Waals surface area contributed by atoms with Gasteiger partial charge in [-0.05, 0) is 43.7 Å². The summed E-state index contributed by atoms with van der Waals surface area (Å²) in [6.07, 6.45) is 3.63. The third kappa shape index (κ3) is 3.12. The van der Waals surface area contributed by atoms with Crippen LogP contribution in [0, 0.1) is 6.92 Å². The summed E-state index contributed by atoms with van der Waals surface area (Å²) < 4.78 is 5.52. The highest BCUT2D eigenvalue weighted by molar-refractivity contribution is 5.37. The lowest BCUT2D eigenvalue weighted by Crippen LogP contribution is -2.19. The summed E-state index contributed by atoms with van der Waals surface area (Å²) in [4.78, 5) is 4.26. The highest BCUT2D eigenvalue weighted by Crippen LogP contribution is 2.26. The van der Waals surface area contributed by atoms with Crippen molar-refractivity contribution >= 4 is 0 Å². The number of rotatable bonds is 5. The van der Waals surface area contributed by atoms with E-state index in [2.05, 4.69) is 41.5 Å². The average Bonchev–Trinajstić information content (AvgIpc) is 2.43. The Hall–Kier alpha value is -1.87. The van der Waals surface area contributed by atoms with Crippen LogP contribution >= 0.6 is 0 Å². The zero-order chi connectivity index (χ0) is 13.7. The molecule has 1 atom stereocenters. The van der Waals surface area contributed by atoms with Gasteiger partial charge >= 0.3 is 0 Å². The van der Waals surface area contributed by atoms with Gasteiger partial charge in [0.15, 0.2) is 0 Å². The predicted molar refractivity (Wildman–Crippen MR) is 77.5 cm³/mol. The third-order valence-corrected chi connectivity index (χ3v) is 3.17. The standard InChI is InChI=1S/C16H20N2O/c1-4-19-14-9-13(10-18-11-14)16(17-3)15-8-6-5-7-12(15)2/h5-11,16-17H,4H2,1-3H3. The second-order valence-corrected chi connectivity index (χ2v) is 4.47. The van der Waals surface area contributed by atoms with Gasteiger partial charge in [0.05, 0.1) is 18.8 Å². The Kier molecular flexibility index (Phi) is 4.53. The predicted octanol–water partition coefficient (Wildman–Crippen LogP) is 3.10. The summed E-state index contributed by atoms with van der Waals surface area (Å²) in [6, 6.07) is 10.6. The minimum absolute atomic E-state index is 0.133. The zero-order valence-electron chi connectivity index (χ0n) is 11.7. The number of benzene rings is 1. The highest BCUT2D eigenvalue weighted by Gasteiger charge is 2.14. The molecular formula is C16H20N2O. The molecule has 1 aromatic carbocycles. The van der Waals surface area contributed by atoms with E-state index in [4.69, 9.17) is 4.74 Å². The topological polar surface area (TPSA) is 34.1 Å². The van der Waals surface area contributed by atoms with E-state index in [9.17, 15) is 0 Å². The molecule has 0 aliphatic rings. The number of pyridine rings is 1. The summed E-state index contributed by atoms with van der Waals surface area (Å²) in [7, 11) is 1.96. The summed E-state index contributed by atoms with van der Waals surface area (Å²) in [6.45, 7) is 4.75. The number of aryl methyl sites for hydroxylation is 1. The van der Waals surface area contributed by atoms with Gasteiger partial charge in [0.2, 0.25) is 0 Å². The first-order valence-electron chi connectivity index (χ1n) is 6.56. The van der Waals surface area contributed by atoms with Crippen molar-refractivity contribution < 1.29 is 4.74 Å². The molecule has 0 amide bonds. The normalized spacial score (nSPS) is 12.2. The van der Waals surface area contributed by atoms with E-state index in [1.807, 2.05) is 26.2 Å². The van der Waals surface area contributed by atoms with E-state index >= 15 is 0 Å². The Labute approximate surface area is 114 Å². The van der Waals surface area contributed by atoms with Crippen LogP contribution in [-0.2, 0) is 0 Å². The maximum atomic E-state index is 5.52. The second kappa shape index (κ2) is 6.34. The van der Waals surface area contributed by atoms with Crippen molar-refractivity contribution in [3.05, 3.63) is 59.4 Å². The van der Waals surface area contributed by atoms with E-state index in [0.29, 0.717) is 6.61 Å². The van der Waals surface area contributed by atoms with Crippen LogP contribution < -0.4 is 10.1 Å². The van der Waals surface area contributed by atoms with Gasteiger partial charge in [0, 0.05) is 6.20 Å². The number of ether oxygens (including phenoxy) is 1. The summed E-state index contributed by atoms with van der Waals surface area (Å²) in [5.41, 5.74) is 3.65. The SMILES string of the molecule is CCOc1cncc(C(NC)c2ccccc2C)c1. The Bertz CT molecular complexity index is 540. The van der Waals surface area contributed by atoms with Crippen LogP contribution in [0.3, 0.4) is 0 Å². The Balaban J connectivity index is 2.37. The van der Waals surface area contributed by atoms with Crippen LogP contribution in [0.25, 0.3) is 0 Å². The highest BCUT2D eigenvalue weighted by atomic mass is 16.5. The van der Waals surface area contributed by atoms with Crippen molar-refractivity contribution in [3.8, 4) is 5.75 Å². The molecule has 1 unspecified atom stereocenters. The van der Waals surface area contributed by atoms with Gasteiger partial charge in [0.1, 0.15) is 5.75 Å². The van der Waals surface area contributed by atoms with E-state index in [1.165, 1.54) is 11.1 Å². The summed E-state index contributed by atoms with van der Waals surface area (Å²) >= 11 is 0. The van der Waals surface area contributed by atoms with Crippen molar-refractivity contribution in [2.75, 3.05) is 13.7 Å². The Morgan fingerprint density at radius 1 is 1.26 bits per heavy atom. The molecule has 0 saturated heterocycles. The van der Waals surface area contributed by atoms with Crippen LogP contribution in [-0.4, -0.2) is 18.6 Å². The molecule has 100 valence electrons. The number of aromatic nitrogens is 1. The molecule has 2 aromatic rings. The lowest BCUT2D eigenvalue weighted by Gasteiger charge is -2.19. The van der Waals surface area contributed by atoms with Crippen LogP contribution in [0.4, 0.5) is 0 Å². The molecule has 0 spiro atoms. The van der Waals surface area contributed by atoms with Crippen LogP contribution in [0.15, 0.2) is 42.7 Å². The molecule has 0 bridgehead atoms. The van der Waals surface area contributed by atoms with E-state index in [-0.39, 0.29) is 6.04 Å². The van der Waals surface area contributed by atoms with Crippen molar-refractivity contribution in [2.24, 2.45) is 0 Å². The first kappa shape index (κ1) is 13.6. The van der Waals surface area contributed by atoms with Gasteiger partial charge in [-0.2, -0.15) is 0 Å². The largest absolute Gasteiger partial charge is 0.492 e. The molecule has 3 nitrogen and oxygen atoms in total. The van der Waals surface area contributed by atoms with Gasteiger partial charge < -0.3 is 10.1 Å². The number of nitrogens with zero attached hydrogens (tertiary/aromatic N) is 1. The molecule has 1 heterocycles. The van der Waals surface area contributed by atoms with Crippen molar-refractivity contribution in [2.45, 2.75) is 19.9 Å². The summed E-state index contributed by atoms with van der Waals surface area (Å²) in [5, 5.41) is 3.35. The van der Waals surface area contributed by atoms with Crippen molar-refractivity contribution in [1.29, 1.82) is 0 Å². The van der Waals surface area contributed by atoms with Gasteiger partial charge in [0.25, 0.3) is 0 Å². The van der Waals surface area contributed by atoms with E-state index < -0.39 is 0 Å². The van der Waals surface area contributed by atoms with Gasteiger partial charge in [-0.1, -0.05) is 24.3 Å². The average molecular weight is 256 g/mol. The zero-order valence-corrected chi connectivity index (χ0v) is 11.7. The van der Waals surface area contributed by atoms with Crippen LogP contribution in [0.5, 0.6) is 5.75 Å². The minimum atomic E-state index is 0.133. The Morgan fingerprint density at radius 3 is 2.74 bits per heavy atom. The molecular weight excluding hydrogens is 236 g/mol. The maximum Gasteiger partial charge on any atom is 0.137 e. The molecule has 0 saturated carbocycles. The quantitative estimate of drug-likeness (QED) is 0.892. The molecule has 0 radical (unpaired) electrons. The van der Waals surface area contributed by atoms with E-state index in [1.54, 1.807) is 6.20 Å². The van der Waals surface area contributed by atoms with Crippen LogP contribution in [0.1, 0.15) is 29.7 Å². The fourth-order valence-corrected chi connectivity index (χ4v) is 2.25. The molecule has 0 aliphatic heterocycles. The van der Waals surface area contributed by atoms with Gasteiger partial charge in [-0.25, -0.2) is 0 Å². The Morgan fingerprint density at radius 2 is 2.05 bits per heavy atom. The van der Waals surface area contributed by atoms with Gasteiger partial charge in [-0.15, -0.1) is 0 Å². The molecule has 0 fully saturated rings. The minimum Gasteiger partial charge on any atom is -0.492 e. The molecule has 1 aromatic heterocycles. The lowest BCUT2D eigenvalue weighted by molar-refractivity contribution is 0.338. The number of nitrogens with one attached hydrogen (secondary N) is 1. The molecule has 19 heavy (non-hydrogen) atoms. The molecule has 1 N–H and O–H groups in total. The first-order chi connectivity index (χ1) is 9.26. The monoisotopic (exact) mass is 256 g/mol. The number of hydrogen-bond donors (Lipinski definition) is 1. The van der Waals surface area contributed by atoms with Crippen LogP contribution in [0.2, 0.25) is 0 Å². The second-order valence-electron chi connectivity index (χ2n) is 4.47. The lowest BCUT2D eigenvalue weighted by atomic mass is 9.96. The third-order valence-electron chi connectivity index (χ3n) is 3.17. The fourth-order valence-electron chi connectivity index (χ4n) is 2.25. The number of hydrogen-bond acceptors (Lipinski definition) is 3. The fraction of sp³-hybridized carbons (Fsp3) is 0.312. The van der Waals surface area contributed by atoms with Crippen molar-refractivity contribution in [3.63, 3.8) is 0 Å². The maximum absolute atomic E-state index is 5.52. The molecule has 2 rings (SSSR count). The molecule has 3 heteroatoms. The van der Waals surface area contributed by atoms with E-state index in [0.717, 1.165) is 11.3 Å². The van der Waals surface area contributed by atoms with Gasteiger partial charge in [-0.3, -0.25) is 4.98 Å².